The molecule has 2 fully saturated rings. The molecule has 1 aromatic rings. The van der Waals surface area contributed by atoms with Crippen LogP contribution in [0.5, 0.6) is 0 Å². The Labute approximate surface area is 158 Å². The maximum atomic E-state index is 5.43. The summed E-state index contributed by atoms with van der Waals surface area (Å²) in [6.07, 6.45) is 8.03. The van der Waals surface area contributed by atoms with Gasteiger partial charge in [0.05, 0.1) is 12.8 Å². The van der Waals surface area contributed by atoms with Crippen molar-refractivity contribution in [1.82, 2.24) is 15.1 Å². The van der Waals surface area contributed by atoms with Crippen molar-refractivity contribution in [2.45, 2.75) is 39.0 Å². The van der Waals surface area contributed by atoms with Crippen molar-refractivity contribution in [2.24, 2.45) is 10.9 Å². The molecule has 1 unspecified atom stereocenters. The van der Waals surface area contributed by atoms with Crippen LogP contribution in [0.2, 0.25) is 0 Å². The zero-order valence-electron chi connectivity index (χ0n) is 16.3. The summed E-state index contributed by atoms with van der Waals surface area (Å²) in [5.41, 5.74) is 1.10. The minimum Gasteiger partial charge on any atom is -0.469 e. The van der Waals surface area contributed by atoms with E-state index < -0.39 is 0 Å². The van der Waals surface area contributed by atoms with Gasteiger partial charge in [0, 0.05) is 32.6 Å². The molecule has 0 aromatic carbocycles. The number of rotatable bonds is 7. The Morgan fingerprint density at radius 1 is 1.31 bits per heavy atom. The highest BCUT2D eigenvalue weighted by atomic mass is 16.3. The second kappa shape index (κ2) is 9.81. The quantitative estimate of drug-likeness (QED) is 0.462. The zero-order chi connectivity index (χ0) is 18.2. The van der Waals surface area contributed by atoms with Crippen LogP contribution in [-0.4, -0.2) is 61.6 Å². The molecule has 1 N–H and O–H groups in total. The average Bonchev–Trinajstić information content (AvgIpc) is 3.31. The van der Waals surface area contributed by atoms with E-state index in [1.807, 2.05) is 19.1 Å². The van der Waals surface area contributed by atoms with Gasteiger partial charge in [-0.3, -0.25) is 0 Å². The molecule has 5 nitrogen and oxygen atoms in total. The lowest BCUT2D eigenvalue weighted by Crippen LogP contribution is -2.42. The molecule has 144 valence electrons. The third-order valence-electron chi connectivity index (χ3n) is 5.28. The van der Waals surface area contributed by atoms with Gasteiger partial charge in [0.15, 0.2) is 5.96 Å². The number of guanidine groups is 1. The number of nitrogens with zero attached hydrogens (tertiary/aromatic N) is 3. The van der Waals surface area contributed by atoms with Crippen molar-refractivity contribution in [1.29, 1.82) is 0 Å². The van der Waals surface area contributed by atoms with Gasteiger partial charge >= 0.3 is 0 Å². The fourth-order valence-corrected chi connectivity index (χ4v) is 3.91. The third kappa shape index (κ3) is 5.90. The summed E-state index contributed by atoms with van der Waals surface area (Å²) >= 11 is 0. The van der Waals surface area contributed by atoms with Crippen LogP contribution in [0.4, 0.5) is 0 Å². The highest BCUT2D eigenvalue weighted by Gasteiger charge is 2.27. The van der Waals surface area contributed by atoms with E-state index in [1.165, 1.54) is 45.3 Å². The standard InChI is InChI=1S/C21H34N4O/c1-18(2)15-23-21(22-10-8-20-7-6-14-26-20)25-13-9-19(17-25)16-24-11-4-3-5-12-24/h6-7,14,19H,1,3-5,8-13,15-17H2,2H3,(H,22,23). The number of aliphatic imine (C=N–C) groups is 1. The Bertz CT molecular complexity index is 575. The Hall–Kier alpha value is -1.75. The van der Waals surface area contributed by atoms with E-state index in [2.05, 4.69) is 21.7 Å². The van der Waals surface area contributed by atoms with Gasteiger partial charge in [-0.25, -0.2) is 4.99 Å². The summed E-state index contributed by atoms with van der Waals surface area (Å²) < 4.78 is 5.43. The molecule has 0 radical (unpaired) electrons. The van der Waals surface area contributed by atoms with Gasteiger partial charge < -0.3 is 19.5 Å². The van der Waals surface area contributed by atoms with Crippen molar-refractivity contribution in [3.63, 3.8) is 0 Å². The van der Waals surface area contributed by atoms with Crippen LogP contribution < -0.4 is 5.32 Å². The van der Waals surface area contributed by atoms with Crippen molar-refractivity contribution >= 4 is 5.96 Å². The molecule has 0 spiro atoms. The van der Waals surface area contributed by atoms with Crippen LogP contribution >= 0.6 is 0 Å². The van der Waals surface area contributed by atoms with Crippen molar-refractivity contribution in [2.75, 3.05) is 45.8 Å². The van der Waals surface area contributed by atoms with Gasteiger partial charge in [0.2, 0.25) is 0 Å². The average molecular weight is 359 g/mol. The molecule has 2 saturated heterocycles. The number of piperidine rings is 1. The van der Waals surface area contributed by atoms with E-state index in [0.717, 1.165) is 49.3 Å². The van der Waals surface area contributed by atoms with Crippen LogP contribution in [0.25, 0.3) is 0 Å². The second-order valence-electron chi connectivity index (χ2n) is 7.82. The summed E-state index contributed by atoms with van der Waals surface area (Å²) in [6, 6.07) is 3.97. The minimum atomic E-state index is 0.691. The number of hydrogen-bond acceptors (Lipinski definition) is 3. The number of hydrogen-bond donors (Lipinski definition) is 1. The van der Waals surface area contributed by atoms with Gasteiger partial charge in [-0.1, -0.05) is 18.6 Å². The molecule has 1 aromatic heterocycles. The van der Waals surface area contributed by atoms with Gasteiger partial charge in [0.1, 0.15) is 5.76 Å². The lowest BCUT2D eigenvalue weighted by Gasteiger charge is -2.29. The Morgan fingerprint density at radius 2 is 2.15 bits per heavy atom. The fraction of sp³-hybridized carbons (Fsp3) is 0.667. The smallest absolute Gasteiger partial charge is 0.194 e. The Morgan fingerprint density at radius 3 is 2.88 bits per heavy atom. The van der Waals surface area contributed by atoms with Crippen molar-refractivity contribution in [3.05, 3.63) is 36.3 Å². The molecule has 0 bridgehead atoms. The molecule has 3 rings (SSSR count). The Balaban J connectivity index is 1.50. The van der Waals surface area contributed by atoms with E-state index in [4.69, 9.17) is 9.41 Å². The number of nitrogens with one attached hydrogen (secondary N) is 1. The summed E-state index contributed by atoms with van der Waals surface area (Å²) in [5.74, 6) is 2.80. The lowest BCUT2D eigenvalue weighted by molar-refractivity contribution is 0.198. The maximum Gasteiger partial charge on any atom is 0.194 e. The van der Waals surface area contributed by atoms with Gasteiger partial charge in [-0.05, 0) is 57.3 Å². The second-order valence-corrected chi connectivity index (χ2v) is 7.82. The maximum absolute atomic E-state index is 5.43. The highest BCUT2D eigenvalue weighted by molar-refractivity contribution is 5.80. The van der Waals surface area contributed by atoms with Crippen LogP contribution in [0, 0.1) is 5.92 Å². The van der Waals surface area contributed by atoms with E-state index in [1.54, 1.807) is 6.26 Å². The predicted octanol–water partition coefficient (Wildman–Crippen LogP) is 3.15. The largest absolute Gasteiger partial charge is 0.469 e. The summed E-state index contributed by atoms with van der Waals surface area (Å²) in [5, 5.41) is 3.54. The molecule has 0 saturated carbocycles. The summed E-state index contributed by atoms with van der Waals surface area (Å²) in [7, 11) is 0. The first-order chi connectivity index (χ1) is 12.7. The van der Waals surface area contributed by atoms with Crippen LogP contribution in [0.3, 0.4) is 0 Å². The SMILES string of the molecule is C=C(C)CN=C(NCCc1ccco1)N1CCC(CN2CCCCC2)C1. The van der Waals surface area contributed by atoms with E-state index >= 15 is 0 Å². The predicted molar refractivity (Wildman–Crippen MR) is 108 cm³/mol. The zero-order valence-corrected chi connectivity index (χ0v) is 16.3. The molecule has 1 atom stereocenters. The topological polar surface area (TPSA) is 44.0 Å². The molecule has 26 heavy (non-hydrogen) atoms. The number of furan rings is 1. The van der Waals surface area contributed by atoms with E-state index in [0.29, 0.717) is 6.54 Å². The van der Waals surface area contributed by atoms with Gasteiger partial charge in [0.25, 0.3) is 0 Å². The van der Waals surface area contributed by atoms with Gasteiger partial charge in [-0.15, -0.1) is 0 Å². The lowest BCUT2D eigenvalue weighted by atomic mass is 10.1. The fourth-order valence-electron chi connectivity index (χ4n) is 3.91. The van der Waals surface area contributed by atoms with Crippen molar-refractivity contribution < 1.29 is 4.42 Å². The van der Waals surface area contributed by atoms with Crippen LogP contribution in [0.15, 0.2) is 40.0 Å². The first kappa shape index (κ1) is 19.0. The van der Waals surface area contributed by atoms with E-state index in [-0.39, 0.29) is 0 Å². The monoisotopic (exact) mass is 358 g/mol. The molecule has 2 aliphatic heterocycles. The summed E-state index contributed by atoms with van der Waals surface area (Å²) in [4.78, 5) is 9.88. The van der Waals surface area contributed by atoms with Crippen molar-refractivity contribution in [3.8, 4) is 0 Å². The van der Waals surface area contributed by atoms with Crippen LogP contribution in [0.1, 0.15) is 38.4 Å². The Kier molecular flexibility index (Phi) is 7.18. The molecular weight excluding hydrogens is 324 g/mol. The normalized spacial score (nSPS) is 22.0. The van der Waals surface area contributed by atoms with Crippen LogP contribution in [-0.2, 0) is 6.42 Å². The molecular formula is C21H34N4O. The summed E-state index contributed by atoms with van der Waals surface area (Å²) in [6.45, 7) is 13.6. The molecule has 3 heterocycles. The minimum absolute atomic E-state index is 0.691. The van der Waals surface area contributed by atoms with E-state index in [9.17, 15) is 0 Å². The molecule has 0 aliphatic carbocycles. The molecule has 5 heteroatoms. The van der Waals surface area contributed by atoms with Gasteiger partial charge in [-0.2, -0.15) is 0 Å². The first-order valence-electron chi connectivity index (χ1n) is 10.1. The highest BCUT2D eigenvalue weighted by Crippen LogP contribution is 2.20. The number of likely N-dealkylation sites (tertiary alicyclic amines) is 2. The molecule has 2 aliphatic rings. The first-order valence-corrected chi connectivity index (χ1v) is 10.1. The third-order valence-corrected chi connectivity index (χ3v) is 5.28. The molecule has 0 amide bonds.